The Kier molecular flexibility index (Phi) is 6.07. The van der Waals surface area contributed by atoms with E-state index in [1.54, 1.807) is 12.1 Å². The Hall–Kier alpha value is -1.83. The minimum Gasteiger partial charge on any atom is -0.348 e. The lowest BCUT2D eigenvalue weighted by atomic mass is 10.1. The van der Waals surface area contributed by atoms with E-state index in [-0.39, 0.29) is 11.9 Å². The van der Waals surface area contributed by atoms with Crippen LogP contribution in [0.15, 0.2) is 24.3 Å². The van der Waals surface area contributed by atoms with E-state index in [0.717, 1.165) is 12.1 Å². The maximum atomic E-state index is 12.0. The molecule has 0 aliphatic rings. The number of carbonyl (C=O) groups excluding carboxylic acids is 1. The van der Waals surface area contributed by atoms with Crippen LogP contribution in [0.2, 0.25) is 0 Å². The lowest BCUT2D eigenvalue weighted by Gasteiger charge is -2.18. The number of hydrogen-bond donors (Lipinski definition) is 2. The predicted octanol–water partition coefficient (Wildman–Crippen LogP) is 0.677. The van der Waals surface area contributed by atoms with Gasteiger partial charge in [0, 0.05) is 23.7 Å². The van der Waals surface area contributed by atoms with Gasteiger partial charge in [-0.1, -0.05) is 11.8 Å². The van der Waals surface area contributed by atoms with E-state index in [2.05, 4.69) is 17.2 Å². The third kappa shape index (κ3) is 5.56. The summed E-state index contributed by atoms with van der Waals surface area (Å²) in [6.07, 6.45) is 0. The molecular weight excluding hydrogens is 238 g/mol. The first-order valence-corrected chi connectivity index (χ1v) is 6.27. The van der Waals surface area contributed by atoms with Crippen molar-refractivity contribution in [2.75, 3.05) is 27.2 Å². The van der Waals surface area contributed by atoms with E-state index < -0.39 is 0 Å². The highest BCUT2D eigenvalue weighted by atomic mass is 16.1. The molecule has 0 fully saturated rings. The van der Waals surface area contributed by atoms with Gasteiger partial charge in [-0.05, 0) is 45.3 Å². The van der Waals surface area contributed by atoms with Crippen molar-refractivity contribution in [3.05, 3.63) is 35.4 Å². The third-order valence-corrected chi connectivity index (χ3v) is 2.50. The van der Waals surface area contributed by atoms with Crippen molar-refractivity contribution >= 4 is 5.91 Å². The van der Waals surface area contributed by atoms with E-state index >= 15 is 0 Å². The van der Waals surface area contributed by atoms with Gasteiger partial charge in [0.2, 0.25) is 0 Å². The van der Waals surface area contributed by atoms with Crippen LogP contribution in [0, 0.1) is 11.8 Å². The van der Waals surface area contributed by atoms with E-state index in [0.29, 0.717) is 12.1 Å². The van der Waals surface area contributed by atoms with Gasteiger partial charge in [0.15, 0.2) is 0 Å². The van der Waals surface area contributed by atoms with Gasteiger partial charge >= 0.3 is 0 Å². The summed E-state index contributed by atoms with van der Waals surface area (Å²) in [4.78, 5) is 14.0. The van der Waals surface area contributed by atoms with Gasteiger partial charge in [-0.25, -0.2) is 0 Å². The van der Waals surface area contributed by atoms with Crippen molar-refractivity contribution in [1.82, 2.24) is 10.2 Å². The molecule has 1 rings (SSSR count). The molecule has 0 heterocycles. The van der Waals surface area contributed by atoms with Crippen molar-refractivity contribution in [1.29, 1.82) is 0 Å². The Morgan fingerprint density at radius 1 is 1.37 bits per heavy atom. The Morgan fingerprint density at radius 3 is 2.53 bits per heavy atom. The summed E-state index contributed by atoms with van der Waals surface area (Å²) < 4.78 is 0. The first-order chi connectivity index (χ1) is 9.02. The van der Waals surface area contributed by atoms with Crippen LogP contribution in [-0.4, -0.2) is 44.0 Å². The van der Waals surface area contributed by atoms with Crippen molar-refractivity contribution in [2.24, 2.45) is 5.73 Å². The summed E-state index contributed by atoms with van der Waals surface area (Å²) in [6.45, 7) is 3.13. The molecule has 0 aromatic heterocycles. The highest BCUT2D eigenvalue weighted by Gasteiger charge is 2.09. The second-order valence-electron chi connectivity index (χ2n) is 4.72. The summed E-state index contributed by atoms with van der Waals surface area (Å²) in [7, 11) is 3.96. The van der Waals surface area contributed by atoms with Crippen molar-refractivity contribution in [3.8, 4) is 11.8 Å². The van der Waals surface area contributed by atoms with Crippen LogP contribution in [0.3, 0.4) is 0 Å². The molecule has 0 aliphatic carbocycles. The standard InChI is InChI=1S/C15H21N3O/c1-12(11-18(2)3)17-15(19)14-8-6-13(7-9-14)5-4-10-16/h6-9,12H,10-11,16H2,1-3H3,(H,17,19). The molecule has 0 aliphatic heterocycles. The fourth-order valence-corrected chi connectivity index (χ4v) is 1.76. The third-order valence-electron chi connectivity index (χ3n) is 2.50. The minimum absolute atomic E-state index is 0.0623. The second kappa shape index (κ2) is 7.57. The summed E-state index contributed by atoms with van der Waals surface area (Å²) >= 11 is 0. The number of rotatable bonds is 4. The smallest absolute Gasteiger partial charge is 0.251 e. The maximum absolute atomic E-state index is 12.0. The minimum atomic E-state index is -0.0623. The normalized spacial score (nSPS) is 11.6. The summed E-state index contributed by atoms with van der Waals surface area (Å²) in [5.41, 5.74) is 6.81. The molecule has 0 bridgehead atoms. The lowest BCUT2D eigenvalue weighted by Crippen LogP contribution is -2.39. The molecule has 0 spiro atoms. The molecule has 0 saturated carbocycles. The average molecular weight is 259 g/mol. The summed E-state index contributed by atoms with van der Waals surface area (Å²) in [6, 6.07) is 7.32. The molecule has 0 radical (unpaired) electrons. The zero-order valence-corrected chi connectivity index (χ0v) is 11.7. The zero-order valence-electron chi connectivity index (χ0n) is 11.7. The fourth-order valence-electron chi connectivity index (χ4n) is 1.76. The zero-order chi connectivity index (χ0) is 14.3. The molecule has 4 heteroatoms. The average Bonchev–Trinajstić information content (AvgIpc) is 2.35. The lowest BCUT2D eigenvalue weighted by molar-refractivity contribution is 0.0934. The molecule has 102 valence electrons. The summed E-state index contributed by atoms with van der Waals surface area (Å²) in [5.74, 6) is 5.64. The molecule has 1 atom stereocenters. The number of nitrogens with one attached hydrogen (secondary N) is 1. The Morgan fingerprint density at radius 2 is 2.00 bits per heavy atom. The summed E-state index contributed by atoms with van der Waals surface area (Å²) in [5, 5.41) is 2.95. The molecule has 19 heavy (non-hydrogen) atoms. The molecular formula is C15H21N3O. The monoisotopic (exact) mass is 259 g/mol. The van der Waals surface area contributed by atoms with Gasteiger partial charge < -0.3 is 16.0 Å². The number of nitrogens with zero attached hydrogens (tertiary/aromatic N) is 1. The number of amides is 1. The van der Waals surface area contributed by atoms with Gasteiger partial charge in [-0.3, -0.25) is 4.79 Å². The van der Waals surface area contributed by atoms with Crippen LogP contribution < -0.4 is 11.1 Å². The molecule has 1 aromatic rings. The number of nitrogens with two attached hydrogens (primary N) is 1. The first kappa shape index (κ1) is 15.2. The molecule has 0 saturated heterocycles. The van der Waals surface area contributed by atoms with Crippen LogP contribution in [0.1, 0.15) is 22.8 Å². The van der Waals surface area contributed by atoms with Gasteiger partial charge in [0.05, 0.1) is 6.54 Å². The number of hydrogen-bond acceptors (Lipinski definition) is 3. The van der Waals surface area contributed by atoms with Gasteiger partial charge in [0.25, 0.3) is 5.91 Å². The fraction of sp³-hybridized carbons (Fsp3) is 0.400. The van der Waals surface area contributed by atoms with Crippen LogP contribution in [0.25, 0.3) is 0 Å². The highest BCUT2D eigenvalue weighted by Crippen LogP contribution is 2.03. The van der Waals surface area contributed by atoms with Crippen LogP contribution in [0.5, 0.6) is 0 Å². The van der Waals surface area contributed by atoms with E-state index in [1.807, 2.05) is 38.1 Å². The number of carbonyl (C=O) groups is 1. The first-order valence-electron chi connectivity index (χ1n) is 6.27. The van der Waals surface area contributed by atoms with Crippen LogP contribution in [0.4, 0.5) is 0 Å². The van der Waals surface area contributed by atoms with Crippen molar-refractivity contribution < 1.29 is 4.79 Å². The number of benzene rings is 1. The highest BCUT2D eigenvalue weighted by molar-refractivity contribution is 5.94. The Bertz CT molecular complexity index is 468. The predicted molar refractivity (Wildman–Crippen MR) is 77.9 cm³/mol. The quantitative estimate of drug-likeness (QED) is 0.782. The van der Waals surface area contributed by atoms with E-state index in [1.165, 1.54) is 0 Å². The van der Waals surface area contributed by atoms with Gasteiger partial charge in [-0.2, -0.15) is 0 Å². The molecule has 1 unspecified atom stereocenters. The SMILES string of the molecule is CC(CN(C)C)NC(=O)c1ccc(C#CCN)cc1. The van der Waals surface area contributed by atoms with Gasteiger partial charge in [-0.15, -0.1) is 0 Å². The van der Waals surface area contributed by atoms with E-state index in [9.17, 15) is 4.79 Å². The topological polar surface area (TPSA) is 58.4 Å². The van der Waals surface area contributed by atoms with Crippen LogP contribution >= 0.6 is 0 Å². The van der Waals surface area contributed by atoms with Gasteiger partial charge in [0.1, 0.15) is 0 Å². The molecule has 3 N–H and O–H groups in total. The van der Waals surface area contributed by atoms with Crippen molar-refractivity contribution in [2.45, 2.75) is 13.0 Å². The van der Waals surface area contributed by atoms with Crippen molar-refractivity contribution in [3.63, 3.8) is 0 Å². The molecule has 1 aromatic carbocycles. The Labute approximate surface area is 115 Å². The molecule has 1 amide bonds. The van der Waals surface area contributed by atoms with E-state index in [4.69, 9.17) is 5.73 Å². The van der Waals surface area contributed by atoms with Crippen LogP contribution in [-0.2, 0) is 0 Å². The second-order valence-corrected chi connectivity index (χ2v) is 4.72. The Balaban J connectivity index is 2.62. The largest absolute Gasteiger partial charge is 0.348 e. The maximum Gasteiger partial charge on any atom is 0.251 e. The number of likely N-dealkylation sites (N-methyl/N-ethyl adjacent to an activating group) is 1. The molecule has 4 nitrogen and oxygen atoms in total.